The Morgan fingerprint density at radius 1 is 1.23 bits per heavy atom. The number of carbonyl (C=O) groups is 1. The smallest absolute Gasteiger partial charge is 0.494 e. The molecule has 1 aromatic heterocycles. The highest BCUT2D eigenvalue weighted by atomic mass is 16.7. The summed E-state index contributed by atoms with van der Waals surface area (Å²) in [6.07, 6.45) is 2.29. The molecule has 1 aromatic carbocycles. The molecule has 1 N–H and O–H groups in total. The van der Waals surface area contributed by atoms with E-state index in [2.05, 4.69) is 16.6 Å². The highest BCUT2D eigenvalue weighted by molar-refractivity contribution is 5.70. The van der Waals surface area contributed by atoms with Gasteiger partial charge >= 0.3 is 6.16 Å². The number of aromatic nitrogens is 1. The van der Waals surface area contributed by atoms with E-state index in [4.69, 9.17) is 9.84 Å². The Morgan fingerprint density at radius 2 is 1.95 bits per heavy atom. The second-order valence-corrected chi connectivity index (χ2v) is 4.88. The van der Waals surface area contributed by atoms with Crippen LogP contribution >= 0.6 is 0 Å². The zero-order chi connectivity index (χ0) is 15.9. The minimum Gasteiger partial charge on any atom is -0.494 e. The highest BCUT2D eigenvalue weighted by Gasteiger charge is 2.11. The Kier molecular flexibility index (Phi) is 5.36. The zero-order valence-corrected chi connectivity index (χ0v) is 12.7. The van der Waals surface area contributed by atoms with Crippen molar-refractivity contribution in [3.8, 4) is 22.8 Å². The van der Waals surface area contributed by atoms with Gasteiger partial charge in [-0.1, -0.05) is 25.5 Å². The van der Waals surface area contributed by atoms with E-state index in [9.17, 15) is 4.79 Å². The molecule has 2 rings (SSSR count). The Bertz CT molecular complexity index is 638. The molecule has 5 nitrogen and oxygen atoms in total. The van der Waals surface area contributed by atoms with E-state index in [1.54, 1.807) is 6.92 Å². The largest absolute Gasteiger partial charge is 0.512 e. The summed E-state index contributed by atoms with van der Waals surface area (Å²) in [6.45, 7) is 4.61. The SMILES string of the molecule is CCCCOc1ccc(-c2ccnc(OC(=O)O)c2C)cc1. The van der Waals surface area contributed by atoms with Gasteiger partial charge in [0.25, 0.3) is 0 Å². The lowest BCUT2D eigenvalue weighted by Gasteiger charge is -2.10. The van der Waals surface area contributed by atoms with Gasteiger partial charge in [0.1, 0.15) is 5.75 Å². The minimum atomic E-state index is -1.37. The number of rotatable bonds is 6. The minimum absolute atomic E-state index is 0.105. The summed E-state index contributed by atoms with van der Waals surface area (Å²) >= 11 is 0. The van der Waals surface area contributed by atoms with Crippen LogP contribution in [0.5, 0.6) is 11.6 Å². The summed E-state index contributed by atoms with van der Waals surface area (Å²) in [5, 5.41) is 8.71. The van der Waals surface area contributed by atoms with Gasteiger partial charge in [-0.25, -0.2) is 9.78 Å². The second kappa shape index (κ2) is 7.45. The summed E-state index contributed by atoms with van der Waals surface area (Å²) < 4.78 is 10.3. The van der Waals surface area contributed by atoms with Crippen LogP contribution in [0.1, 0.15) is 25.3 Å². The molecule has 0 bridgehead atoms. The monoisotopic (exact) mass is 301 g/mol. The van der Waals surface area contributed by atoms with Crippen LogP contribution in [0.15, 0.2) is 36.5 Å². The number of nitrogens with zero attached hydrogens (tertiary/aromatic N) is 1. The summed E-state index contributed by atoms with van der Waals surface area (Å²) in [7, 11) is 0. The Morgan fingerprint density at radius 3 is 2.59 bits per heavy atom. The molecular weight excluding hydrogens is 282 g/mol. The van der Waals surface area contributed by atoms with Crippen molar-refractivity contribution in [2.24, 2.45) is 0 Å². The normalized spacial score (nSPS) is 10.3. The van der Waals surface area contributed by atoms with Crippen LogP contribution in [-0.4, -0.2) is 22.9 Å². The second-order valence-electron chi connectivity index (χ2n) is 4.88. The maximum atomic E-state index is 10.7. The number of ether oxygens (including phenoxy) is 2. The molecular formula is C17H19NO4. The lowest BCUT2D eigenvalue weighted by molar-refractivity contribution is 0.142. The van der Waals surface area contributed by atoms with Crippen molar-refractivity contribution >= 4 is 6.16 Å². The quantitative estimate of drug-likeness (QED) is 0.636. The van der Waals surface area contributed by atoms with Gasteiger partial charge in [-0.3, -0.25) is 0 Å². The fourth-order valence-corrected chi connectivity index (χ4v) is 2.08. The molecule has 1 heterocycles. The Hall–Kier alpha value is -2.56. The van der Waals surface area contributed by atoms with Gasteiger partial charge < -0.3 is 14.6 Å². The van der Waals surface area contributed by atoms with Crippen molar-refractivity contribution in [2.45, 2.75) is 26.7 Å². The molecule has 0 aliphatic rings. The van der Waals surface area contributed by atoms with Crippen molar-refractivity contribution in [3.05, 3.63) is 42.1 Å². The molecule has 0 saturated carbocycles. The molecule has 22 heavy (non-hydrogen) atoms. The molecule has 0 unspecified atom stereocenters. The third kappa shape index (κ3) is 3.97. The van der Waals surface area contributed by atoms with E-state index in [-0.39, 0.29) is 5.88 Å². The average molecular weight is 301 g/mol. The molecule has 2 aromatic rings. The van der Waals surface area contributed by atoms with Gasteiger partial charge in [0, 0.05) is 11.8 Å². The predicted octanol–water partition coefficient (Wildman–Crippen LogP) is 4.29. The lowest BCUT2D eigenvalue weighted by Crippen LogP contribution is -2.06. The standard InChI is InChI=1S/C17H19NO4/c1-3-4-11-21-14-7-5-13(6-8-14)15-9-10-18-16(12(15)2)22-17(19)20/h5-10H,3-4,11H2,1-2H3,(H,19,20). The number of hydrogen-bond acceptors (Lipinski definition) is 4. The zero-order valence-electron chi connectivity index (χ0n) is 12.7. The summed E-state index contributed by atoms with van der Waals surface area (Å²) in [5.74, 6) is 0.930. The molecule has 0 fully saturated rings. The van der Waals surface area contributed by atoms with Crippen molar-refractivity contribution in [1.29, 1.82) is 0 Å². The fourth-order valence-electron chi connectivity index (χ4n) is 2.08. The van der Waals surface area contributed by atoms with Gasteiger partial charge in [-0.2, -0.15) is 0 Å². The summed E-state index contributed by atoms with van der Waals surface area (Å²) in [4.78, 5) is 14.6. The topological polar surface area (TPSA) is 68.7 Å². The third-order valence-electron chi connectivity index (χ3n) is 3.27. The number of carboxylic acid groups (broad SMARTS) is 1. The molecule has 0 saturated heterocycles. The first kappa shape index (κ1) is 15.8. The third-order valence-corrected chi connectivity index (χ3v) is 3.27. The number of hydrogen-bond donors (Lipinski definition) is 1. The van der Waals surface area contributed by atoms with E-state index < -0.39 is 6.16 Å². The molecule has 0 amide bonds. The first-order valence-corrected chi connectivity index (χ1v) is 7.21. The van der Waals surface area contributed by atoms with E-state index in [1.807, 2.05) is 30.3 Å². The first-order chi connectivity index (χ1) is 10.6. The van der Waals surface area contributed by atoms with Crippen molar-refractivity contribution in [2.75, 3.05) is 6.61 Å². The van der Waals surface area contributed by atoms with E-state index >= 15 is 0 Å². The van der Waals surface area contributed by atoms with E-state index in [1.165, 1.54) is 6.20 Å². The molecule has 0 atom stereocenters. The van der Waals surface area contributed by atoms with Crippen molar-refractivity contribution < 1.29 is 19.4 Å². The van der Waals surface area contributed by atoms with Crippen LogP contribution in [0.4, 0.5) is 4.79 Å². The number of unbranched alkanes of at least 4 members (excludes halogenated alkanes) is 1. The van der Waals surface area contributed by atoms with Gasteiger partial charge in [-0.15, -0.1) is 0 Å². The molecule has 0 spiro atoms. The van der Waals surface area contributed by atoms with Crippen LogP contribution in [0.3, 0.4) is 0 Å². The molecule has 0 aliphatic heterocycles. The van der Waals surface area contributed by atoms with Gasteiger partial charge in [0.05, 0.1) is 6.61 Å². The van der Waals surface area contributed by atoms with Crippen LogP contribution in [-0.2, 0) is 0 Å². The van der Waals surface area contributed by atoms with Crippen LogP contribution in [0, 0.1) is 6.92 Å². The Balaban J connectivity index is 2.19. The first-order valence-electron chi connectivity index (χ1n) is 7.21. The number of benzene rings is 1. The maximum Gasteiger partial charge on any atom is 0.512 e. The molecule has 0 radical (unpaired) electrons. The number of pyridine rings is 1. The van der Waals surface area contributed by atoms with Gasteiger partial charge in [0.2, 0.25) is 5.88 Å². The van der Waals surface area contributed by atoms with Gasteiger partial charge in [-0.05, 0) is 42.7 Å². The molecule has 0 aliphatic carbocycles. The van der Waals surface area contributed by atoms with Gasteiger partial charge in [0.15, 0.2) is 0 Å². The highest BCUT2D eigenvalue weighted by Crippen LogP contribution is 2.29. The fraction of sp³-hybridized carbons (Fsp3) is 0.294. The van der Waals surface area contributed by atoms with Crippen LogP contribution in [0.2, 0.25) is 0 Å². The van der Waals surface area contributed by atoms with E-state index in [0.717, 1.165) is 29.7 Å². The average Bonchev–Trinajstić information content (AvgIpc) is 2.50. The van der Waals surface area contributed by atoms with Crippen LogP contribution < -0.4 is 9.47 Å². The maximum absolute atomic E-state index is 10.7. The Labute approximate surface area is 129 Å². The van der Waals surface area contributed by atoms with Crippen molar-refractivity contribution in [1.82, 2.24) is 4.98 Å². The molecule has 116 valence electrons. The molecule has 5 heteroatoms. The predicted molar refractivity (Wildman–Crippen MR) is 83.5 cm³/mol. The van der Waals surface area contributed by atoms with Crippen LogP contribution in [0.25, 0.3) is 11.1 Å². The van der Waals surface area contributed by atoms with Crippen molar-refractivity contribution in [3.63, 3.8) is 0 Å². The summed E-state index contributed by atoms with van der Waals surface area (Å²) in [6, 6.07) is 9.52. The summed E-state index contributed by atoms with van der Waals surface area (Å²) in [5.41, 5.74) is 2.52. The lowest BCUT2D eigenvalue weighted by atomic mass is 10.0. The van der Waals surface area contributed by atoms with E-state index in [0.29, 0.717) is 12.2 Å².